The summed E-state index contributed by atoms with van der Waals surface area (Å²) >= 11 is 1.82. The van der Waals surface area contributed by atoms with Crippen molar-refractivity contribution in [3.05, 3.63) is 70.1 Å². The van der Waals surface area contributed by atoms with E-state index in [4.69, 9.17) is 0 Å². The Morgan fingerprint density at radius 3 is 1.76 bits per heavy atom. The molecule has 1 heteroatoms. The van der Waals surface area contributed by atoms with Crippen molar-refractivity contribution in [1.29, 1.82) is 0 Å². The molecule has 1 heterocycles. The van der Waals surface area contributed by atoms with E-state index in [1.165, 1.54) is 43.8 Å². The van der Waals surface area contributed by atoms with Crippen LogP contribution in [0.25, 0.3) is 21.6 Å². The molecule has 0 fully saturated rings. The van der Waals surface area contributed by atoms with Crippen LogP contribution >= 0.6 is 11.3 Å². The molecule has 0 amide bonds. The molecule has 0 aliphatic heterocycles. The lowest BCUT2D eigenvalue weighted by molar-refractivity contribution is 1.34. The fourth-order valence-corrected chi connectivity index (χ4v) is 3.37. The average molecular weight is 292 g/mol. The first-order valence-corrected chi connectivity index (χ1v) is 8.16. The lowest BCUT2D eigenvalue weighted by Crippen LogP contribution is -1.82. The van der Waals surface area contributed by atoms with Gasteiger partial charge in [0.05, 0.1) is 0 Å². The second-order valence-electron chi connectivity index (χ2n) is 5.80. The standard InChI is InChI=1S/C20H20S/c1-13-5-7-17(9-15(13)3)19-11-20(21-12-19)18-8-6-14(2)16(4)10-18/h5-12H,1-4H3. The molecule has 1 aromatic heterocycles. The predicted octanol–water partition coefficient (Wildman–Crippen LogP) is 6.32. The van der Waals surface area contributed by atoms with E-state index in [-0.39, 0.29) is 0 Å². The Hall–Kier alpha value is -1.86. The minimum absolute atomic E-state index is 1.31. The lowest BCUT2D eigenvalue weighted by atomic mass is 10.0. The van der Waals surface area contributed by atoms with Gasteiger partial charge in [0, 0.05) is 4.88 Å². The largest absolute Gasteiger partial charge is 0.143 e. The molecule has 3 rings (SSSR count). The number of benzene rings is 2. The van der Waals surface area contributed by atoms with Gasteiger partial charge in [0.25, 0.3) is 0 Å². The summed E-state index contributed by atoms with van der Waals surface area (Å²) in [4.78, 5) is 1.34. The molecule has 0 saturated heterocycles. The number of hydrogen-bond donors (Lipinski definition) is 0. The molecule has 0 aliphatic rings. The van der Waals surface area contributed by atoms with Gasteiger partial charge in [-0.3, -0.25) is 0 Å². The van der Waals surface area contributed by atoms with Gasteiger partial charge in [0.15, 0.2) is 0 Å². The molecule has 0 N–H and O–H groups in total. The smallest absolute Gasteiger partial charge is 0.0349 e. The highest BCUT2D eigenvalue weighted by atomic mass is 32.1. The molecule has 106 valence electrons. The Labute approximate surface area is 131 Å². The van der Waals surface area contributed by atoms with Crippen LogP contribution in [-0.2, 0) is 0 Å². The van der Waals surface area contributed by atoms with Crippen LogP contribution in [0, 0.1) is 27.7 Å². The fraction of sp³-hybridized carbons (Fsp3) is 0.200. The van der Waals surface area contributed by atoms with Gasteiger partial charge in [-0.15, -0.1) is 11.3 Å². The van der Waals surface area contributed by atoms with Gasteiger partial charge in [-0.2, -0.15) is 0 Å². The van der Waals surface area contributed by atoms with Crippen molar-refractivity contribution in [2.45, 2.75) is 27.7 Å². The van der Waals surface area contributed by atoms with Gasteiger partial charge in [0.2, 0.25) is 0 Å². The molecule has 0 saturated carbocycles. The van der Waals surface area contributed by atoms with E-state index in [2.05, 4.69) is 75.5 Å². The molecule has 0 atom stereocenters. The molecular weight excluding hydrogens is 272 g/mol. The van der Waals surface area contributed by atoms with Crippen molar-refractivity contribution < 1.29 is 0 Å². The summed E-state index contributed by atoms with van der Waals surface area (Å²) in [5, 5.41) is 2.26. The molecule has 0 radical (unpaired) electrons. The van der Waals surface area contributed by atoms with Crippen molar-refractivity contribution in [3.8, 4) is 21.6 Å². The highest BCUT2D eigenvalue weighted by Gasteiger charge is 2.06. The monoisotopic (exact) mass is 292 g/mol. The molecule has 0 spiro atoms. The summed E-state index contributed by atoms with van der Waals surface area (Å²) in [5.74, 6) is 0. The number of thiophene rings is 1. The average Bonchev–Trinajstić information content (AvgIpc) is 2.94. The van der Waals surface area contributed by atoms with Crippen molar-refractivity contribution >= 4 is 11.3 Å². The molecule has 2 aromatic carbocycles. The number of rotatable bonds is 2. The van der Waals surface area contributed by atoms with Crippen LogP contribution in [-0.4, -0.2) is 0 Å². The van der Waals surface area contributed by atoms with Crippen molar-refractivity contribution in [3.63, 3.8) is 0 Å². The van der Waals surface area contributed by atoms with Crippen LogP contribution in [0.5, 0.6) is 0 Å². The van der Waals surface area contributed by atoms with Gasteiger partial charge in [-0.1, -0.05) is 36.4 Å². The maximum atomic E-state index is 2.30. The third kappa shape index (κ3) is 2.79. The van der Waals surface area contributed by atoms with Crippen LogP contribution in [0.4, 0.5) is 0 Å². The normalized spacial score (nSPS) is 10.9. The fourth-order valence-electron chi connectivity index (χ4n) is 2.45. The van der Waals surface area contributed by atoms with Gasteiger partial charge < -0.3 is 0 Å². The molecular formula is C20H20S. The molecule has 3 aromatic rings. The number of hydrogen-bond acceptors (Lipinski definition) is 1. The van der Waals surface area contributed by atoms with Crippen molar-refractivity contribution in [2.24, 2.45) is 0 Å². The Balaban J connectivity index is 1.99. The lowest BCUT2D eigenvalue weighted by Gasteiger charge is -2.04. The zero-order valence-corrected chi connectivity index (χ0v) is 13.8. The molecule has 0 unspecified atom stereocenters. The highest BCUT2D eigenvalue weighted by molar-refractivity contribution is 7.14. The first-order valence-electron chi connectivity index (χ1n) is 7.28. The van der Waals surface area contributed by atoms with Crippen molar-refractivity contribution in [2.75, 3.05) is 0 Å². The maximum Gasteiger partial charge on any atom is 0.0349 e. The Morgan fingerprint density at radius 1 is 0.571 bits per heavy atom. The quantitative estimate of drug-likeness (QED) is 0.518. The third-order valence-corrected chi connectivity index (χ3v) is 5.21. The van der Waals surface area contributed by atoms with Crippen molar-refractivity contribution in [1.82, 2.24) is 0 Å². The summed E-state index contributed by atoms with van der Waals surface area (Å²) < 4.78 is 0. The SMILES string of the molecule is Cc1ccc(-c2csc(-c3ccc(C)c(C)c3)c2)cc1C. The second-order valence-corrected chi connectivity index (χ2v) is 6.71. The van der Waals surface area contributed by atoms with Gasteiger partial charge in [-0.25, -0.2) is 0 Å². The molecule has 21 heavy (non-hydrogen) atoms. The van der Waals surface area contributed by atoms with E-state index < -0.39 is 0 Å². The Kier molecular flexibility index (Phi) is 3.69. The Morgan fingerprint density at radius 2 is 1.14 bits per heavy atom. The van der Waals surface area contributed by atoms with Gasteiger partial charge in [-0.05, 0) is 78.1 Å². The summed E-state index contributed by atoms with van der Waals surface area (Å²) in [7, 11) is 0. The van der Waals surface area contributed by atoms with Crippen LogP contribution in [0.2, 0.25) is 0 Å². The first-order chi connectivity index (χ1) is 10.0. The van der Waals surface area contributed by atoms with E-state index in [0.717, 1.165) is 0 Å². The zero-order chi connectivity index (χ0) is 15.0. The van der Waals surface area contributed by atoms with E-state index in [1.807, 2.05) is 11.3 Å². The van der Waals surface area contributed by atoms with Crippen LogP contribution in [0.1, 0.15) is 22.3 Å². The second kappa shape index (κ2) is 5.50. The predicted molar refractivity (Wildman–Crippen MR) is 94.1 cm³/mol. The molecule has 0 aliphatic carbocycles. The van der Waals surface area contributed by atoms with Crippen LogP contribution in [0.3, 0.4) is 0 Å². The van der Waals surface area contributed by atoms with Gasteiger partial charge >= 0.3 is 0 Å². The minimum Gasteiger partial charge on any atom is -0.143 e. The summed E-state index contributed by atoms with van der Waals surface area (Å²) in [6, 6.07) is 15.7. The zero-order valence-electron chi connectivity index (χ0n) is 13.0. The molecule has 0 bridgehead atoms. The van der Waals surface area contributed by atoms with Gasteiger partial charge in [0.1, 0.15) is 0 Å². The highest BCUT2D eigenvalue weighted by Crippen LogP contribution is 2.34. The van der Waals surface area contributed by atoms with E-state index in [9.17, 15) is 0 Å². The Bertz CT molecular complexity index is 727. The van der Waals surface area contributed by atoms with E-state index in [0.29, 0.717) is 0 Å². The maximum absolute atomic E-state index is 2.30. The van der Waals surface area contributed by atoms with Crippen LogP contribution in [0.15, 0.2) is 47.8 Å². The summed E-state index contributed by atoms with van der Waals surface area (Å²) in [6.07, 6.45) is 0. The summed E-state index contributed by atoms with van der Waals surface area (Å²) in [5.41, 5.74) is 9.35. The minimum atomic E-state index is 1.31. The molecule has 0 nitrogen and oxygen atoms in total. The van der Waals surface area contributed by atoms with E-state index >= 15 is 0 Å². The third-order valence-electron chi connectivity index (χ3n) is 4.23. The van der Waals surface area contributed by atoms with Crippen LogP contribution < -0.4 is 0 Å². The van der Waals surface area contributed by atoms with E-state index in [1.54, 1.807) is 0 Å². The topological polar surface area (TPSA) is 0 Å². The first kappa shape index (κ1) is 14.1. The number of aryl methyl sites for hydroxylation is 4. The summed E-state index contributed by atoms with van der Waals surface area (Å²) in [6.45, 7) is 8.67.